The first-order valence-electron chi connectivity index (χ1n) is 8.24. The van der Waals surface area contributed by atoms with E-state index in [-0.39, 0.29) is 18.1 Å². The van der Waals surface area contributed by atoms with Crippen LogP contribution in [0.25, 0.3) is 0 Å². The Morgan fingerprint density at radius 3 is 2.70 bits per heavy atom. The number of amides is 1. The van der Waals surface area contributed by atoms with Crippen LogP contribution in [0, 0.1) is 6.92 Å². The van der Waals surface area contributed by atoms with Gasteiger partial charge in [-0.25, -0.2) is 0 Å². The van der Waals surface area contributed by atoms with Crippen LogP contribution in [0.2, 0.25) is 5.02 Å². The van der Waals surface area contributed by atoms with Crippen LogP contribution in [-0.4, -0.2) is 55.7 Å². The van der Waals surface area contributed by atoms with Gasteiger partial charge in [-0.2, -0.15) is 0 Å². The molecule has 2 saturated heterocycles. The predicted octanol–water partition coefficient (Wildman–Crippen LogP) is 1.80. The van der Waals surface area contributed by atoms with Crippen molar-refractivity contribution in [1.29, 1.82) is 0 Å². The van der Waals surface area contributed by atoms with Crippen LogP contribution in [0.3, 0.4) is 0 Å². The molecule has 5 nitrogen and oxygen atoms in total. The number of hydrogen-bond donors (Lipinski definition) is 1. The van der Waals surface area contributed by atoms with Gasteiger partial charge in [0.05, 0.1) is 6.10 Å². The Balaban J connectivity index is 1.58. The van der Waals surface area contributed by atoms with E-state index in [1.165, 1.54) is 5.56 Å². The second-order valence-electron chi connectivity index (χ2n) is 6.30. The summed E-state index contributed by atoms with van der Waals surface area (Å²) in [7, 11) is 0. The first kappa shape index (κ1) is 16.6. The summed E-state index contributed by atoms with van der Waals surface area (Å²) in [4.78, 5) is 16.8. The van der Waals surface area contributed by atoms with E-state index in [9.17, 15) is 4.79 Å². The zero-order valence-electron chi connectivity index (χ0n) is 13.5. The molecule has 0 aromatic heterocycles. The van der Waals surface area contributed by atoms with Crippen molar-refractivity contribution in [1.82, 2.24) is 4.90 Å². The molecule has 1 aromatic carbocycles. The topological polar surface area (TPSA) is 58.8 Å². The van der Waals surface area contributed by atoms with E-state index in [1.807, 2.05) is 23.1 Å². The van der Waals surface area contributed by atoms with Crippen LogP contribution in [-0.2, 0) is 9.53 Å². The quantitative estimate of drug-likeness (QED) is 0.913. The van der Waals surface area contributed by atoms with Gasteiger partial charge >= 0.3 is 0 Å². The van der Waals surface area contributed by atoms with E-state index in [0.717, 1.165) is 49.7 Å². The molecule has 2 N–H and O–H groups in total. The second-order valence-corrected chi connectivity index (χ2v) is 6.74. The molecular weight excluding hydrogens is 314 g/mol. The van der Waals surface area contributed by atoms with Crippen LogP contribution in [0.15, 0.2) is 18.2 Å². The molecule has 2 atom stereocenters. The van der Waals surface area contributed by atoms with Gasteiger partial charge in [0.15, 0.2) is 0 Å². The van der Waals surface area contributed by atoms with E-state index < -0.39 is 0 Å². The molecule has 0 spiro atoms. The summed E-state index contributed by atoms with van der Waals surface area (Å²) in [6.07, 6.45) is 1.41. The number of nitrogens with two attached hydrogens (primary N) is 1. The van der Waals surface area contributed by atoms with Gasteiger partial charge in [-0.1, -0.05) is 17.7 Å². The maximum Gasteiger partial charge on any atom is 0.251 e. The van der Waals surface area contributed by atoms with Gasteiger partial charge in [0.1, 0.15) is 6.10 Å². The number of piperazine rings is 1. The molecule has 2 fully saturated rings. The average molecular weight is 338 g/mol. The molecule has 2 aliphatic heterocycles. The summed E-state index contributed by atoms with van der Waals surface area (Å²) in [6.45, 7) is 5.66. The highest BCUT2D eigenvalue weighted by atomic mass is 35.5. The molecule has 0 saturated carbocycles. The summed E-state index contributed by atoms with van der Waals surface area (Å²) < 4.78 is 5.72. The minimum absolute atomic E-state index is 0.0411. The summed E-state index contributed by atoms with van der Waals surface area (Å²) in [5.74, 6) is 0.114. The molecule has 1 aromatic rings. The summed E-state index contributed by atoms with van der Waals surface area (Å²) in [5, 5.41) is 0.747. The van der Waals surface area contributed by atoms with Crippen molar-refractivity contribution < 1.29 is 9.53 Å². The summed E-state index contributed by atoms with van der Waals surface area (Å²) in [6, 6.07) is 5.94. The molecule has 2 aliphatic rings. The normalized spacial score (nSPS) is 25.0. The third-order valence-electron chi connectivity index (χ3n) is 4.75. The van der Waals surface area contributed by atoms with Gasteiger partial charge in [-0.3, -0.25) is 4.79 Å². The molecule has 0 unspecified atom stereocenters. The number of hydrogen-bond acceptors (Lipinski definition) is 4. The van der Waals surface area contributed by atoms with Gasteiger partial charge < -0.3 is 20.3 Å². The van der Waals surface area contributed by atoms with Crippen LogP contribution in [0.1, 0.15) is 18.4 Å². The number of carbonyl (C=O) groups is 1. The highest BCUT2D eigenvalue weighted by Crippen LogP contribution is 2.26. The number of rotatable bonds is 3. The van der Waals surface area contributed by atoms with Gasteiger partial charge in [0.2, 0.25) is 0 Å². The van der Waals surface area contributed by atoms with Crippen LogP contribution < -0.4 is 10.6 Å². The Hall–Kier alpha value is -1.30. The molecule has 0 aliphatic carbocycles. The third kappa shape index (κ3) is 3.62. The van der Waals surface area contributed by atoms with Crippen molar-refractivity contribution in [2.45, 2.75) is 32.0 Å². The zero-order valence-corrected chi connectivity index (χ0v) is 14.3. The van der Waals surface area contributed by atoms with E-state index in [2.05, 4.69) is 11.8 Å². The standard InChI is InChI=1S/C17H24ClN3O2/c1-12-2-3-13(18)10-15(12)20-6-8-21(9-7-20)17(22)16-5-4-14(11-19)23-16/h2-3,10,14,16H,4-9,11,19H2,1H3/t14-,16+/m1/s1. The number of carbonyl (C=O) groups excluding carboxylic acids is 1. The minimum atomic E-state index is -0.303. The number of halogens is 1. The van der Waals surface area contributed by atoms with Gasteiger partial charge in [-0.15, -0.1) is 0 Å². The minimum Gasteiger partial charge on any atom is -0.368 e. The first-order chi connectivity index (χ1) is 11.1. The zero-order chi connectivity index (χ0) is 16.4. The Bertz CT molecular complexity index is 573. The molecular formula is C17H24ClN3O2. The fourth-order valence-electron chi connectivity index (χ4n) is 3.36. The van der Waals surface area contributed by atoms with Crippen molar-refractivity contribution >= 4 is 23.2 Å². The van der Waals surface area contributed by atoms with Crippen molar-refractivity contribution in [2.24, 2.45) is 5.73 Å². The fraction of sp³-hybridized carbons (Fsp3) is 0.588. The second kappa shape index (κ2) is 7.07. The molecule has 6 heteroatoms. The molecule has 0 radical (unpaired) electrons. The Labute approximate surface area is 142 Å². The van der Waals surface area contributed by atoms with Crippen molar-refractivity contribution in [3.8, 4) is 0 Å². The lowest BCUT2D eigenvalue weighted by Crippen LogP contribution is -2.51. The Kier molecular flexibility index (Phi) is 5.09. The number of nitrogens with zero attached hydrogens (tertiary/aromatic N) is 2. The molecule has 0 bridgehead atoms. The lowest BCUT2D eigenvalue weighted by Gasteiger charge is -2.37. The average Bonchev–Trinajstić information content (AvgIpc) is 3.06. The number of benzene rings is 1. The lowest BCUT2D eigenvalue weighted by molar-refractivity contribution is -0.143. The Morgan fingerprint density at radius 1 is 1.30 bits per heavy atom. The summed E-state index contributed by atoms with van der Waals surface area (Å²) in [5.41, 5.74) is 7.98. The van der Waals surface area contributed by atoms with Gasteiger partial charge in [0, 0.05) is 43.4 Å². The number of aryl methyl sites for hydroxylation is 1. The van der Waals surface area contributed by atoms with Crippen molar-refractivity contribution in [2.75, 3.05) is 37.6 Å². The lowest BCUT2D eigenvalue weighted by atomic mass is 10.1. The molecule has 126 valence electrons. The van der Waals surface area contributed by atoms with E-state index in [0.29, 0.717) is 6.54 Å². The highest BCUT2D eigenvalue weighted by molar-refractivity contribution is 6.30. The van der Waals surface area contributed by atoms with Crippen molar-refractivity contribution in [3.05, 3.63) is 28.8 Å². The monoisotopic (exact) mass is 337 g/mol. The van der Waals surface area contributed by atoms with Crippen LogP contribution in [0.5, 0.6) is 0 Å². The molecule has 2 heterocycles. The first-order valence-corrected chi connectivity index (χ1v) is 8.61. The maximum atomic E-state index is 12.5. The van der Waals surface area contributed by atoms with Gasteiger partial charge in [0.25, 0.3) is 5.91 Å². The van der Waals surface area contributed by atoms with Crippen LogP contribution in [0.4, 0.5) is 5.69 Å². The number of ether oxygens (including phenoxy) is 1. The van der Waals surface area contributed by atoms with Crippen LogP contribution >= 0.6 is 11.6 Å². The molecule has 23 heavy (non-hydrogen) atoms. The third-order valence-corrected chi connectivity index (χ3v) is 4.98. The van der Waals surface area contributed by atoms with E-state index >= 15 is 0 Å². The van der Waals surface area contributed by atoms with E-state index in [4.69, 9.17) is 22.1 Å². The van der Waals surface area contributed by atoms with Crippen molar-refractivity contribution in [3.63, 3.8) is 0 Å². The molecule has 1 amide bonds. The largest absolute Gasteiger partial charge is 0.368 e. The Morgan fingerprint density at radius 2 is 2.04 bits per heavy atom. The fourth-order valence-corrected chi connectivity index (χ4v) is 3.52. The highest BCUT2D eigenvalue weighted by Gasteiger charge is 2.34. The number of anilines is 1. The summed E-state index contributed by atoms with van der Waals surface area (Å²) >= 11 is 6.11. The van der Waals surface area contributed by atoms with E-state index in [1.54, 1.807) is 0 Å². The predicted molar refractivity (Wildman–Crippen MR) is 91.9 cm³/mol. The van der Waals surface area contributed by atoms with Gasteiger partial charge in [-0.05, 0) is 37.5 Å². The SMILES string of the molecule is Cc1ccc(Cl)cc1N1CCN(C(=O)[C@@H]2CC[C@H](CN)O2)CC1. The molecule has 3 rings (SSSR count). The maximum absolute atomic E-state index is 12.5. The smallest absolute Gasteiger partial charge is 0.251 e.